The van der Waals surface area contributed by atoms with E-state index in [-0.39, 0.29) is 11.4 Å². The SMILES string of the molecule is COC(C)(C)/C=C(\C)C(C)=O. The largest absolute Gasteiger partial charge is 0.375 e. The molecule has 0 aliphatic carbocycles. The number of ketones is 1. The Morgan fingerprint density at radius 1 is 1.36 bits per heavy atom. The lowest BCUT2D eigenvalue weighted by molar-refractivity contribution is -0.113. The van der Waals surface area contributed by atoms with Crippen LogP contribution in [0.5, 0.6) is 0 Å². The Labute approximate surface area is 68.2 Å². The maximum atomic E-state index is 10.8. The first-order chi connectivity index (χ1) is 4.89. The molecule has 0 radical (unpaired) electrons. The summed E-state index contributed by atoms with van der Waals surface area (Å²) in [4.78, 5) is 10.8. The molecule has 0 aliphatic heterocycles. The van der Waals surface area contributed by atoms with Crippen LogP contribution >= 0.6 is 0 Å². The highest BCUT2D eigenvalue weighted by Crippen LogP contribution is 2.12. The van der Waals surface area contributed by atoms with Crippen molar-refractivity contribution < 1.29 is 9.53 Å². The molecule has 0 amide bonds. The Kier molecular flexibility index (Phi) is 3.46. The van der Waals surface area contributed by atoms with E-state index in [1.165, 1.54) is 0 Å². The lowest BCUT2D eigenvalue weighted by Crippen LogP contribution is -2.20. The van der Waals surface area contributed by atoms with Crippen LogP contribution in [0.25, 0.3) is 0 Å². The Hall–Kier alpha value is -0.630. The fourth-order valence-electron chi connectivity index (χ4n) is 0.682. The van der Waals surface area contributed by atoms with E-state index in [0.29, 0.717) is 0 Å². The van der Waals surface area contributed by atoms with Crippen molar-refractivity contribution in [2.75, 3.05) is 7.11 Å². The van der Waals surface area contributed by atoms with E-state index in [2.05, 4.69) is 0 Å². The van der Waals surface area contributed by atoms with Crippen LogP contribution in [0.2, 0.25) is 0 Å². The van der Waals surface area contributed by atoms with Gasteiger partial charge in [0.05, 0.1) is 5.60 Å². The number of ether oxygens (including phenoxy) is 1. The van der Waals surface area contributed by atoms with Crippen molar-refractivity contribution in [1.29, 1.82) is 0 Å². The molecule has 0 saturated carbocycles. The highest BCUT2D eigenvalue weighted by molar-refractivity contribution is 5.92. The predicted octanol–water partition coefficient (Wildman–Crippen LogP) is 1.95. The van der Waals surface area contributed by atoms with Gasteiger partial charge >= 0.3 is 0 Å². The summed E-state index contributed by atoms with van der Waals surface area (Å²) in [5.41, 5.74) is 0.410. The normalized spacial score (nSPS) is 13.4. The zero-order valence-corrected chi connectivity index (χ0v) is 7.89. The molecule has 0 unspecified atom stereocenters. The molecule has 0 N–H and O–H groups in total. The van der Waals surface area contributed by atoms with Crippen LogP contribution in [-0.2, 0) is 9.53 Å². The summed E-state index contributed by atoms with van der Waals surface area (Å²) in [5, 5.41) is 0. The molecule has 0 atom stereocenters. The van der Waals surface area contributed by atoms with Gasteiger partial charge in [-0.05, 0) is 39.3 Å². The van der Waals surface area contributed by atoms with Crippen molar-refractivity contribution in [3.05, 3.63) is 11.6 Å². The minimum atomic E-state index is -0.338. The van der Waals surface area contributed by atoms with Gasteiger partial charge in [0, 0.05) is 7.11 Å². The number of carbonyl (C=O) groups excluding carboxylic acids is 1. The molecule has 0 aromatic heterocycles. The summed E-state index contributed by atoms with van der Waals surface area (Å²) >= 11 is 0. The van der Waals surface area contributed by atoms with Crippen molar-refractivity contribution in [3.63, 3.8) is 0 Å². The Morgan fingerprint density at radius 2 is 1.82 bits per heavy atom. The van der Waals surface area contributed by atoms with Crippen LogP contribution in [0.4, 0.5) is 0 Å². The highest BCUT2D eigenvalue weighted by Gasteiger charge is 2.13. The lowest BCUT2D eigenvalue weighted by Gasteiger charge is -2.18. The van der Waals surface area contributed by atoms with Crippen LogP contribution < -0.4 is 0 Å². The minimum Gasteiger partial charge on any atom is -0.375 e. The maximum absolute atomic E-state index is 10.8. The molecule has 0 aromatic rings. The molecule has 2 heteroatoms. The van der Waals surface area contributed by atoms with E-state index >= 15 is 0 Å². The molecule has 64 valence electrons. The van der Waals surface area contributed by atoms with Gasteiger partial charge in [-0.1, -0.05) is 0 Å². The van der Waals surface area contributed by atoms with Crippen molar-refractivity contribution >= 4 is 5.78 Å². The molecule has 0 rings (SSSR count). The van der Waals surface area contributed by atoms with E-state index in [1.807, 2.05) is 19.9 Å². The number of rotatable bonds is 3. The van der Waals surface area contributed by atoms with Gasteiger partial charge in [-0.3, -0.25) is 4.79 Å². The van der Waals surface area contributed by atoms with E-state index in [9.17, 15) is 4.79 Å². The van der Waals surface area contributed by atoms with Gasteiger partial charge in [0.1, 0.15) is 0 Å². The smallest absolute Gasteiger partial charge is 0.155 e. The van der Waals surface area contributed by atoms with Crippen molar-refractivity contribution in [3.8, 4) is 0 Å². The quantitative estimate of drug-likeness (QED) is 0.584. The topological polar surface area (TPSA) is 26.3 Å². The third-order valence-electron chi connectivity index (χ3n) is 1.65. The van der Waals surface area contributed by atoms with E-state index in [0.717, 1.165) is 5.57 Å². The Morgan fingerprint density at radius 3 is 2.09 bits per heavy atom. The van der Waals surface area contributed by atoms with Gasteiger partial charge in [0.2, 0.25) is 0 Å². The molecule has 0 heterocycles. The number of Topliss-reactive ketones (excluding diaryl/α,β-unsaturated/α-hetero) is 1. The summed E-state index contributed by atoms with van der Waals surface area (Å²) in [6.45, 7) is 7.18. The Balaban J connectivity index is 4.41. The van der Waals surface area contributed by atoms with Gasteiger partial charge < -0.3 is 4.74 Å². The molecule has 0 spiro atoms. The summed E-state index contributed by atoms with van der Waals surface area (Å²) in [6, 6.07) is 0. The molecule has 0 saturated heterocycles. The zero-order chi connectivity index (χ0) is 9.07. The van der Waals surface area contributed by atoms with Gasteiger partial charge in [-0.25, -0.2) is 0 Å². The van der Waals surface area contributed by atoms with Crippen LogP contribution in [0.15, 0.2) is 11.6 Å². The number of carbonyl (C=O) groups is 1. The molecular weight excluding hydrogens is 140 g/mol. The fourth-order valence-corrected chi connectivity index (χ4v) is 0.682. The van der Waals surface area contributed by atoms with Crippen LogP contribution in [0.3, 0.4) is 0 Å². The maximum Gasteiger partial charge on any atom is 0.155 e. The van der Waals surface area contributed by atoms with Crippen molar-refractivity contribution in [1.82, 2.24) is 0 Å². The van der Waals surface area contributed by atoms with Crippen LogP contribution in [-0.4, -0.2) is 18.5 Å². The molecule has 0 aromatic carbocycles. The molecule has 0 aliphatic rings. The first-order valence-electron chi connectivity index (χ1n) is 3.64. The number of methoxy groups -OCH3 is 1. The van der Waals surface area contributed by atoms with E-state index in [4.69, 9.17) is 4.74 Å². The van der Waals surface area contributed by atoms with E-state index < -0.39 is 0 Å². The first-order valence-corrected chi connectivity index (χ1v) is 3.64. The summed E-state index contributed by atoms with van der Waals surface area (Å²) in [6.07, 6.45) is 1.83. The standard InChI is InChI=1S/C9H16O2/c1-7(8(2)10)6-9(3,4)11-5/h6H,1-5H3/b7-6+. The Bertz CT molecular complexity index is 178. The first kappa shape index (κ1) is 10.4. The highest BCUT2D eigenvalue weighted by atomic mass is 16.5. The molecule has 0 bridgehead atoms. The number of hydrogen-bond donors (Lipinski definition) is 0. The van der Waals surface area contributed by atoms with Gasteiger partial charge in [-0.15, -0.1) is 0 Å². The monoisotopic (exact) mass is 156 g/mol. The van der Waals surface area contributed by atoms with Gasteiger partial charge in [0.15, 0.2) is 5.78 Å². The third-order valence-corrected chi connectivity index (χ3v) is 1.65. The summed E-state index contributed by atoms with van der Waals surface area (Å²) < 4.78 is 5.13. The second-order valence-electron chi connectivity index (χ2n) is 3.19. The van der Waals surface area contributed by atoms with E-state index in [1.54, 1.807) is 21.0 Å². The molecular formula is C9H16O2. The lowest BCUT2D eigenvalue weighted by atomic mass is 10.0. The molecule has 2 nitrogen and oxygen atoms in total. The third kappa shape index (κ3) is 3.94. The van der Waals surface area contributed by atoms with Gasteiger partial charge in [-0.2, -0.15) is 0 Å². The number of hydrogen-bond acceptors (Lipinski definition) is 2. The zero-order valence-electron chi connectivity index (χ0n) is 7.89. The van der Waals surface area contributed by atoms with Crippen molar-refractivity contribution in [2.24, 2.45) is 0 Å². The average Bonchev–Trinajstić information content (AvgIpc) is 1.87. The molecule has 11 heavy (non-hydrogen) atoms. The second-order valence-corrected chi connectivity index (χ2v) is 3.19. The fraction of sp³-hybridized carbons (Fsp3) is 0.667. The molecule has 0 fully saturated rings. The summed E-state index contributed by atoms with van der Waals surface area (Å²) in [7, 11) is 1.63. The predicted molar refractivity (Wildman–Crippen MR) is 45.5 cm³/mol. The van der Waals surface area contributed by atoms with Crippen LogP contribution in [0, 0.1) is 0 Å². The average molecular weight is 156 g/mol. The van der Waals surface area contributed by atoms with Crippen LogP contribution in [0.1, 0.15) is 27.7 Å². The van der Waals surface area contributed by atoms with Gasteiger partial charge in [0.25, 0.3) is 0 Å². The summed E-state index contributed by atoms with van der Waals surface area (Å²) in [5.74, 6) is 0.0927. The second kappa shape index (κ2) is 3.67. The van der Waals surface area contributed by atoms with Crippen molar-refractivity contribution in [2.45, 2.75) is 33.3 Å². The minimum absolute atomic E-state index is 0.0927. The number of allylic oxidation sites excluding steroid dienone is 1.